The van der Waals surface area contributed by atoms with Crippen LogP contribution in [0.15, 0.2) is 22.7 Å². The van der Waals surface area contributed by atoms with Crippen LogP contribution in [0.2, 0.25) is 0 Å². The first kappa shape index (κ1) is 15.1. The lowest BCUT2D eigenvalue weighted by molar-refractivity contribution is -0.130. The van der Waals surface area contributed by atoms with Crippen molar-refractivity contribution in [3.8, 4) is 0 Å². The van der Waals surface area contributed by atoms with E-state index >= 15 is 0 Å². The van der Waals surface area contributed by atoms with Gasteiger partial charge in [0.2, 0.25) is 5.91 Å². The van der Waals surface area contributed by atoms with Crippen LogP contribution < -0.4 is 5.73 Å². The molecular formula is C13H18BrFN2O. The third kappa shape index (κ3) is 4.74. The van der Waals surface area contributed by atoms with Gasteiger partial charge in [-0.2, -0.15) is 0 Å². The standard InChI is InChI=1S/C13H18BrFN2O/c1-9(16)3-6-13(18)17(2)8-10-7-11(14)4-5-12(10)15/h4-5,7,9H,3,6,8,16H2,1-2H3. The van der Waals surface area contributed by atoms with E-state index in [4.69, 9.17) is 5.73 Å². The number of amides is 1. The first-order valence-electron chi connectivity index (χ1n) is 5.83. The zero-order valence-electron chi connectivity index (χ0n) is 10.6. The zero-order valence-corrected chi connectivity index (χ0v) is 12.2. The molecule has 1 rings (SSSR count). The molecule has 18 heavy (non-hydrogen) atoms. The van der Waals surface area contributed by atoms with Crippen LogP contribution in [-0.4, -0.2) is 23.9 Å². The highest BCUT2D eigenvalue weighted by molar-refractivity contribution is 9.10. The average Bonchev–Trinajstić information content (AvgIpc) is 2.30. The van der Waals surface area contributed by atoms with Crippen LogP contribution in [-0.2, 0) is 11.3 Å². The minimum atomic E-state index is -0.301. The Kier molecular flexibility index (Phi) is 5.75. The van der Waals surface area contributed by atoms with Gasteiger partial charge in [-0.3, -0.25) is 4.79 Å². The predicted octanol–water partition coefficient (Wildman–Crippen LogP) is 2.67. The predicted molar refractivity (Wildman–Crippen MR) is 73.5 cm³/mol. The summed E-state index contributed by atoms with van der Waals surface area (Å²) < 4.78 is 14.3. The molecule has 1 unspecified atom stereocenters. The Morgan fingerprint density at radius 2 is 2.22 bits per heavy atom. The van der Waals surface area contributed by atoms with Gasteiger partial charge in [0, 0.05) is 36.1 Å². The highest BCUT2D eigenvalue weighted by atomic mass is 79.9. The van der Waals surface area contributed by atoms with E-state index in [0.29, 0.717) is 18.4 Å². The number of nitrogens with two attached hydrogens (primary N) is 1. The molecule has 1 atom stereocenters. The summed E-state index contributed by atoms with van der Waals surface area (Å²) in [6.07, 6.45) is 1.04. The largest absolute Gasteiger partial charge is 0.341 e. The summed E-state index contributed by atoms with van der Waals surface area (Å²) in [7, 11) is 1.67. The Morgan fingerprint density at radius 3 is 2.83 bits per heavy atom. The molecule has 1 amide bonds. The van der Waals surface area contributed by atoms with E-state index < -0.39 is 0 Å². The van der Waals surface area contributed by atoms with E-state index in [-0.39, 0.29) is 24.3 Å². The highest BCUT2D eigenvalue weighted by Crippen LogP contribution is 2.17. The smallest absolute Gasteiger partial charge is 0.222 e. The molecule has 0 radical (unpaired) electrons. The average molecular weight is 317 g/mol. The molecule has 0 spiro atoms. The van der Waals surface area contributed by atoms with Gasteiger partial charge in [0.15, 0.2) is 0 Å². The van der Waals surface area contributed by atoms with Gasteiger partial charge >= 0.3 is 0 Å². The SMILES string of the molecule is CC(N)CCC(=O)N(C)Cc1cc(Br)ccc1F. The molecule has 0 heterocycles. The van der Waals surface area contributed by atoms with Crippen LogP contribution in [0, 0.1) is 5.82 Å². The molecule has 3 nitrogen and oxygen atoms in total. The monoisotopic (exact) mass is 316 g/mol. The molecule has 2 N–H and O–H groups in total. The van der Waals surface area contributed by atoms with Crippen LogP contribution in [0.25, 0.3) is 0 Å². The third-order valence-electron chi connectivity index (χ3n) is 2.65. The highest BCUT2D eigenvalue weighted by Gasteiger charge is 2.12. The second kappa shape index (κ2) is 6.85. The quantitative estimate of drug-likeness (QED) is 0.907. The van der Waals surface area contributed by atoms with Crippen LogP contribution in [0.1, 0.15) is 25.3 Å². The number of hydrogen-bond donors (Lipinski definition) is 1. The minimum Gasteiger partial charge on any atom is -0.341 e. The van der Waals surface area contributed by atoms with Gasteiger partial charge in [-0.15, -0.1) is 0 Å². The lowest BCUT2D eigenvalue weighted by Gasteiger charge is -2.18. The van der Waals surface area contributed by atoms with Gasteiger partial charge in [0.1, 0.15) is 5.82 Å². The molecule has 0 saturated carbocycles. The van der Waals surface area contributed by atoms with Crippen molar-refractivity contribution in [2.75, 3.05) is 7.05 Å². The van der Waals surface area contributed by atoms with E-state index in [2.05, 4.69) is 15.9 Å². The summed E-state index contributed by atoms with van der Waals surface area (Å²) in [6, 6.07) is 4.71. The molecule has 0 aliphatic heterocycles. The number of carbonyl (C=O) groups is 1. The van der Waals surface area contributed by atoms with Crippen molar-refractivity contribution in [3.05, 3.63) is 34.1 Å². The molecule has 0 saturated heterocycles. The summed E-state index contributed by atoms with van der Waals surface area (Å²) in [5, 5.41) is 0. The molecule has 100 valence electrons. The molecule has 1 aromatic rings. The fraction of sp³-hybridized carbons (Fsp3) is 0.462. The fourth-order valence-electron chi connectivity index (χ4n) is 1.55. The number of rotatable bonds is 5. The van der Waals surface area contributed by atoms with Gasteiger partial charge < -0.3 is 10.6 Å². The third-order valence-corrected chi connectivity index (χ3v) is 3.15. The van der Waals surface area contributed by atoms with Crippen molar-refractivity contribution < 1.29 is 9.18 Å². The van der Waals surface area contributed by atoms with Crippen LogP contribution in [0.3, 0.4) is 0 Å². The van der Waals surface area contributed by atoms with Crippen molar-refractivity contribution in [1.82, 2.24) is 4.90 Å². The molecular weight excluding hydrogens is 299 g/mol. The van der Waals surface area contributed by atoms with Crippen molar-refractivity contribution in [2.24, 2.45) is 5.73 Å². The Hall–Kier alpha value is -0.940. The fourth-order valence-corrected chi connectivity index (χ4v) is 1.96. The molecule has 1 aromatic carbocycles. The van der Waals surface area contributed by atoms with Crippen molar-refractivity contribution in [2.45, 2.75) is 32.4 Å². The Morgan fingerprint density at radius 1 is 1.56 bits per heavy atom. The van der Waals surface area contributed by atoms with E-state index in [9.17, 15) is 9.18 Å². The summed E-state index contributed by atoms with van der Waals surface area (Å²) in [5.74, 6) is -0.322. The Labute approximate surface area is 115 Å². The number of nitrogens with zero attached hydrogens (tertiary/aromatic N) is 1. The molecule has 5 heteroatoms. The van der Waals surface area contributed by atoms with Crippen LogP contribution in [0.4, 0.5) is 4.39 Å². The topological polar surface area (TPSA) is 46.3 Å². The summed E-state index contributed by atoms with van der Waals surface area (Å²) >= 11 is 3.29. The van der Waals surface area contributed by atoms with E-state index in [1.807, 2.05) is 6.92 Å². The number of benzene rings is 1. The number of hydrogen-bond acceptors (Lipinski definition) is 2. The van der Waals surface area contributed by atoms with Crippen molar-refractivity contribution in [1.29, 1.82) is 0 Å². The minimum absolute atomic E-state index is 0.00459. The van der Waals surface area contributed by atoms with Crippen LogP contribution >= 0.6 is 15.9 Å². The van der Waals surface area contributed by atoms with E-state index in [0.717, 1.165) is 4.47 Å². The molecule has 0 fully saturated rings. The zero-order chi connectivity index (χ0) is 13.7. The maximum atomic E-state index is 13.5. The normalized spacial score (nSPS) is 12.3. The maximum absolute atomic E-state index is 13.5. The second-order valence-electron chi connectivity index (χ2n) is 4.50. The lowest BCUT2D eigenvalue weighted by Crippen LogP contribution is -2.28. The van der Waals surface area contributed by atoms with E-state index in [1.54, 1.807) is 19.2 Å². The number of carbonyl (C=O) groups excluding carboxylic acids is 1. The van der Waals surface area contributed by atoms with Crippen molar-refractivity contribution >= 4 is 21.8 Å². The first-order valence-corrected chi connectivity index (χ1v) is 6.63. The lowest BCUT2D eigenvalue weighted by atomic mass is 10.1. The number of halogens is 2. The van der Waals surface area contributed by atoms with E-state index in [1.165, 1.54) is 11.0 Å². The molecule has 0 bridgehead atoms. The van der Waals surface area contributed by atoms with Crippen molar-refractivity contribution in [3.63, 3.8) is 0 Å². The van der Waals surface area contributed by atoms with Crippen LogP contribution in [0.5, 0.6) is 0 Å². The van der Waals surface area contributed by atoms with Gasteiger partial charge in [-0.1, -0.05) is 15.9 Å². The van der Waals surface area contributed by atoms with Gasteiger partial charge in [0.25, 0.3) is 0 Å². The second-order valence-corrected chi connectivity index (χ2v) is 5.42. The summed E-state index contributed by atoms with van der Waals surface area (Å²) in [5.41, 5.74) is 6.10. The Balaban J connectivity index is 2.60. The summed E-state index contributed by atoms with van der Waals surface area (Å²) in [6.45, 7) is 2.13. The summed E-state index contributed by atoms with van der Waals surface area (Å²) in [4.78, 5) is 13.3. The molecule has 0 aromatic heterocycles. The maximum Gasteiger partial charge on any atom is 0.222 e. The molecule has 0 aliphatic carbocycles. The first-order chi connectivity index (χ1) is 8.40. The van der Waals surface area contributed by atoms with Gasteiger partial charge in [-0.25, -0.2) is 4.39 Å². The van der Waals surface area contributed by atoms with Gasteiger partial charge in [0.05, 0.1) is 0 Å². The Bertz CT molecular complexity index is 423. The molecule has 0 aliphatic rings. The van der Waals surface area contributed by atoms with Gasteiger partial charge in [-0.05, 0) is 31.5 Å².